The molecular weight excluding hydrogens is 180 g/mol. The van der Waals surface area contributed by atoms with Crippen LogP contribution in [0.1, 0.15) is 25.7 Å². The monoisotopic (exact) mass is 200 g/mol. The van der Waals surface area contributed by atoms with E-state index in [1.165, 1.54) is 20.0 Å². The molecule has 0 radical (unpaired) electrons. The zero-order valence-corrected chi connectivity index (χ0v) is 8.87. The molecule has 4 heteroatoms. The highest BCUT2D eigenvalue weighted by Crippen LogP contribution is 2.16. The summed E-state index contributed by atoms with van der Waals surface area (Å²) in [5.74, 6) is -0.133. The van der Waals surface area contributed by atoms with Crippen LogP contribution in [0.25, 0.3) is 0 Å². The van der Waals surface area contributed by atoms with Crippen LogP contribution in [0.5, 0.6) is 0 Å². The van der Waals surface area contributed by atoms with Crippen LogP contribution in [0.3, 0.4) is 0 Å². The van der Waals surface area contributed by atoms with Crippen molar-refractivity contribution in [3.63, 3.8) is 0 Å². The van der Waals surface area contributed by atoms with Crippen LogP contribution in [0.2, 0.25) is 0 Å². The van der Waals surface area contributed by atoms with Crippen molar-refractivity contribution in [3.8, 4) is 0 Å². The van der Waals surface area contributed by atoms with Gasteiger partial charge in [-0.05, 0) is 19.4 Å². The first-order chi connectivity index (χ1) is 6.77. The highest BCUT2D eigenvalue weighted by Gasteiger charge is 2.21. The third-order valence-corrected chi connectivity index (χ3v) is 2.85. The van der Waals surface area contributed by atoms with Gasteiger partial charge in [0.05, 0.1) is 13.5 Å². The molecule has 1 rings (SSSR count). The summed E-state index contributed by atoms with van der Waals surface area (Å²) in [6.07, 6.45) is 4.12. The fourth-order valence-electron chi connectivity index (χ4n) is 1.96. The van der Waals surface area contributed by atoms with E-state index in [9.17, 15) is 4.79 Å². The predicted molar refractivity (Wildman–Crippen MR) is 54.9 cm³/mol. The number of carbonyl (C=O) groups is 1. The standard InChI is InChI=1S/C10H20N2O2/c1-14-10(13)5-7-12-6-3-2-4-9(12)8-11/h9H,2-8,11H2,1H3. The lowest BCUT2D eigenvalue weighted by atomic mass is 10.0. The lowest BCUT2D eigenvalue weighted by Crippen LogP contribution is -2.44. The summed E-state index contributed by atoms with van der Waals surface area (Å²) in [5.41, 5.74) is 5.67. The smallest absolute Gasteiger partial charge is 0.306 e. The molecule has 0 saturated carbocycles. The average Bonchev–Trinajstić information content (AvgIpc) is 2.26. The van der Waals surface area contributed by atoms with Crippen molar-refractivity contribution in [1.82, 2.24) is 4.90 Å². The Balaban J connectivity index is 2.29. The van der Waals surface area contributed by atoms with E-state index >= 15 is 0 Å². The molecule has 1 unspecified atom stereocenters. The van der Waals surface area contributed by atoms with E-state index in [4.69, 9.17) is 5.73 Å². The molecule has 0 aromatic rings. The van der Waals surface area contributed by atoms with Gasteiger partial charge in [-0.3, -0.25) is 9.69 Å². The summed E-state index contributed by atoms with van der Waals surface area (Å²) < 4.78 is 4.61. The number of nitrogens with two attached hydrogens (primary N) is 1. The summed E-state index contributed by atoms with van der Waals surface area (Å²) in [6.45, 7) is 2.55. The van der Waals surface area contributed by atoms with Crippen LogP contribution in [-0.4, -0.2) is 43.7 Å². The maximum absolute atomic E-state index is 11.0. The van der Waals surface area contributed by atoms with Crippen LogP contribution in [0, 0.1) is 0 Å². The Bertz CT molecular complexity index is 185. The number of esters is 1. The van der Waals surface area contributed by atoms with Crippen molar-refractivity contribution >= 4 is 5.97 Å². The minimum atomic E-state index is -0.133. The molecule has 0 spiro atoms. The first-order valence-corrected chi connectivity index (χ1v) is 5.29. The van der Waals surface area contributed by atoms with E-state index in [1.807, 2.05) is 0 Å². The van der Waals surface area contributed by atoms with Crippen molar-refractivity contribution in [2.24, 2.45) is 5.73 Å². The van der Waals surface area contributed by atoms with Gasteiger partial charge in [0, 0.05) is 19.1 Å². The fourth-order valence-corrected chi connectivity index (χ4v) is 1.96. The minimum absolute atomic E-state index is 0.133. The number of ether oxygens (including phenoxy) is 1. The van der Waals surface area contributed by atoms with Crippen LogP contribution in [0.4, 0.5) is 0 Å². The number of methoxy groups -OCH3 is 1. The number of piperidine rings is 1. The van der Waals surface area contributed by atoms with Gasteiger partial charge in [-0.25, -0.2) is 0 Å². The minimum Gasteiger partial charge on any atom is -0.469 e. The Labute approximate surface area is 85.4 Å². The number of hydrogen-bond acceptors (Lipinski definition) is 4. The third kappa shape index (κ3) is 3.27. The molecule has 0 aromatic heterocycles. The van der Waals surface area contributed by atoms with E-state index in [1.54, 1.807) is 0 Å². The summed E-state index contributed by atoms with van der Waals surface area (Å²) in [5, 5.41) is 0. The molecule has 1 heterocycles. The van der Waals surface area contributed by atoms with Crippen LogP contribution >= 0.6 is 0 Å². The van der Waals surface area contributed by atoms with Crippen LogP contribution in [0.15, 0.2) is 0 Å². The zero-order valence-electron chi connectivity index (χ0n) is 8.87. The van der Waals surface area contributed by atoms with Gasteiger partial charge in [-0.15, -0.1) is 0 Å². The molecule has 0 aliphatic carbocycles. The first-order valence-electron chi connectivity index (χ1n) is 5.29. The predicted octanol–water partition coefficient (Wildman–Crippen LogP) is 0.363. The molecule has 1 fully saturated rings. The SMILES string of the molecule is COC(=O)CCN1CCCCC1CN. The summed E-state index contributed by atoms with van der Waals surface area (Å²) in [6, 6.07) is 0.466. The quantitative estimate of drug-likeness (QED) is 0.666. The molecule has 1 saturated heterocycles. The van der Waals surface area contributed by atoms with E-state index < -0.39 is 0 Å². The van der Waals surface area contributed by atoms with Gasteiger partial charge in [0.25, 0.3) is 0 Å². The molecular formula is C10H20N2O2. The second-order valence-electron chi connectivity index (χ2n) is 3.75. The van der Waals surface area contributed by atoms with Gasteiger partial charge in [0.15, 0.2) is 0 Å². The maximum Gasteiger partial charge on any atom is 0.306 e. The Morgan fingerprint density at radius 3 is 3.00 bits per heavy atom. The third-order valence-electron chi connectivity index (χ3n) is 2.85. The molecule has 1 atom stereocenters. The highest BCUT2D eigenvalue weighted by atomic mass is 16.5. The molecule has 2 N–H and O–H groups in total. The van der Waals surface area contributed by atoms with Gasteiger partial charge in [0.2, 0.25) is 0 Å². The molecule has 0 amide bonds. The van der Waals surface area contributed by atoms with Gasteiger partial charge >= 0.3 is 5.97 Å². The topological polar surface area (TPSA) is 55.6 Å². The van der Waals surface area contributed by atoms with Gasteiger partial charge in [-0.1, -0.05) is 6.42 Å². The number of likely N-dealkylation sites (tertiary alicyclic amines) is 1. The summed E-state index contributed by atoms with van der Waals surface area (Å²) in [7, 11) is 1.43. The second kappa shape index (κ2) is 5.98. The van der Waals surface area contributed by atoms with Crippen molar-refractivity contribution < 1.29 is 9.53 Å². The lowest BCUT2D eigenvalue weighted by molar-refractivity contribution is -0.141. The molecule has 4 nitrogen and oxygen atoms in total. The molecule has 14 heavy (non-hydrogen) atoms. The van der Waals surface area contributed by atoms with Gasteiger partial charge in [0.1, 0.15) is 0 Å². The number of carbonyl (C=O) groups excluding carboxylic acids is 1. The average molecular weight is 200 g/mol. The van der Waals surface area contributed by atoms with Crippen molar-refractivity contribution in [2.45, 2.75) is 31.7 Å². The van der Waals surface area contributed by atoms with E-state index in [0.29, 0.717) is 19.0 Å². The van der Waals surface area contributed by atoms with Crippen LogP contribution < -0.4 is 5.73 Å². The molecule has 0 aromatic carbocycles. The summed E-state index contributed by atoms with van der Waals surface area (Å²) >= 11 is 0. The van der Waals surface area contributed by atoms with Crippen LogP contribution in [-0.2, 0) is 9.53 Å². The Morgan fingerprint density at radius 2 is 2.36 bits per heavy atom. The molecule has 1 aliphatic heterocycles. The van der Waals surface area contributed by atoms with E-state index in [2.05, 4.69) is 9.64 Å². The van der Waals surface area contributed by atoms with Crippen molar-refractivity contribution in [3.05, 3.63) is 0 Å². The van der Waals surface area contributed by atoms with Gasteiger partial charge < -0.3 is 10.5 Å². The second-order valence-corrected chi connectivity index (χ2v) is 3.75. The van der Waals surface area contributed by atoms with Gasteiger partial charge in [-0.2, -0.15) is 0 Å². The highest BCUT2D eigenvalue weighted by molar-refractivity contribution is 5.69. The number of hydrogen-bond donors (Lipinski definition) is 1. The van der Waals surface area contributed by atoms with Crippen molar-refractivity contribution in [1.29, 1.82) is 0 Å². The van der Waals surface area contributed by atoms with E-state index in [0.717, 1.165) is 19.5 Å². The first kappa shape index (κ1) is 11.5. The lowest BCUT2D eigenvalue weighted by Gasteiger charge is -2.34. The molecule has 1 aliphatic rings. The summed E-state index contributed by atoms with van der Waals surface area (Å²) in [4.78, 5) is 13.3. The van der Waals surface area contributed by atoms with Crippen molar-refractivity contribution in [2.75, 3.05) is 26.7 Å². The molecule has 82 valence electrons. The fraction of sp³-hybridized carbons (Fsp3) is 0.900. The molecule has 0 bridgehead atoms. The normalized spacial score (nSPS) is 23.4. The Hall–Kier alpha value is -0.610. The van der Waals surface area contributed by atoms with E-state index in [-0.39, 0.29) is 5.97 Å². The number of rotatable bonds is 4. The Kier molecular flexibility index (Phi) is 4.90. The maximum atomic E-state index is 11.0. The zero-order chi connectivity index (χ0) is 10.4. The largest absolute Gasteiger partial charge is 0.469 e. The number of nitrogens with zero attached hydrogens (tertiary/aromatic N) is 1. The Morgan fingerprint density at radius 1 is 1.57 bits per heavy atom.